The van der Waals surface area contributed by atoms with Crippen LogP contribution in [0.15, 0.2) is 18.2 Å². The van der Waals surface area contributed by atoms with Gasteiger partial charge in [0.2, 0.25) is 5.91 Å². The minimum atomic E-state index is -0.217. The Kier molecular flexibility index (Phi) is 4.55. The monoisotopic (exact) mass is 274 g/mol. The van der Waals surface area contributed by atoms with E-state index in [2.05, 4.69) is 4.90 Å². The number of carbonyl (C=O) groups excluding carboxylic acids is 2. The van der Waals surface area contributed by atoms with Gasteiger partial charge in [-0.15, -0.1) is 0 Å². The molecule has 0 saturated carbocycles. The first-order valence-electron chi connectivity index (χ1n) is 7.09. The lowest BCUT2D eigenvalue weighted by Gasteiger charge is -2.29. The van der Waals surface area contributed by atoms with Crippen molar-refractivity contribution in [2.45, 2.75) is 26.7 Å². The number of hydrogen-bond acceptors (Lipinski definition) is 3. The second-order valence-corrected chi connectivity index (χ2v) is 5.69. The zero-order valence-corrected chi connectivity index (χ0v) is 12.2. The summed E-state index contributed by atoms with van der Waals surface area (Å²) in [7, 11) is 0. The lowest BCUT2D eigenvalue weighted by molar-refractivity contribution is -0.123. The van der Waals surface area contributed by atoms with Crippen LogP contribution in [0.5, 0.6) is 0 Å². The van der Waals surface area contributed by atoms with E-state index in [1.807, 2.05) is 32.0 Å². The van der Waals surface area contributed by atoms with Crippen molar-refractivity contribution in [2.75, 3.05) is 19.6 Å². The van der Waals surface area contributed by atoms with E-state index < -0.39 is 0 Å². The molecule has 1 heterocycles. The molecule has 0 spiro atoms. The van der Waals surface area contributed by atoms with Crippen LogP contribution in [0.25, 0.3) is 0 Å². The van der Waals surface area contributed by atoms with Gasteiger partial charge in [0.15, 0.2) is 5.78 Å². The maximum Gasteiger partial charge on any atom is 0.220 e. The highest BCUT2D eigenvalue weighted by Gasteiger charge is 2.24. The first-order valence-corrected chi connectivity index (χ1v) is 7.09. The lowest BCUT2D eigenvalue weighted by Crippen LogP contribution is -2.40. The number of nitrogens with zero attached hydrogens (tertiary/aromatic N) is 1. The zero-order valence-electron chi connectivity index (χ0n) is 12.2. The Labute approximate surface area is 119 Å². The smallest absolute Gasteiger partial charge is 0.220 e. The second kappa shape index (κ2) is 6.18. The minimum Gasteiger partial charge on any atom is -0.369 e. The van der Waals surface area contributed by atoms with Gasteiger partial charge < -0.3 is 5.73 Å². The molecular formula is C16H22N2O2. The van der Waals surface area contributed by atoms with Crippen LogP contribution in [0.1, 0.15) is 34.3 Å². The summed E-state index contributed by atoms with van der Waals surface area (Å²) in [5.41, 5.74) is 8.25. The predicted octanol–water partition coefficient (Wildman–Crippen LogP) is 1.68. The molecule has 1 aromatic carbocycles. The van der Waals surface area contributed by atoms with E-state index >= 15 is 0 Å². The number of Topliss-reactive ketones (excluding diaryl/α,β-unsaturated/α-hetero) is 1. The molecule has 1 fully saturated rings. The van der Waals surface area contributed by atoms with Crippen molar-refractivity contribution < 1.29 is 9.59 Å². The highest BCUT2D eigenvalue weighted by atomic mass is 16.1. The maximum absolute atomic E-state index is 12.4. The molecule has 0 aromatic heterocycles. The Morgan fingerprint density at radius 3 is 2.50 bits per heavy atom. The van der Waals surface area contributed by atoms with Gasteiger partial charge in [-0.2, -0.15) is 0 Å². The summed E-state index contributed by atoms with van der Waals surface area (Å²) in [6.07, 6.45) is 1.52. The molecule has 2 rings (SSSR count). The molecule has 1 amide bonds. The number of amides is 1. The van der Waals surface area contributed by atoms with Crippen LogP contribution in [-0.2, 0) is 4.79 Å². The van der Waals surface area contributed by atoms with Gasteiger partial charge >= 0.3 is 0 Å². The number of carbonyl (C=O) groups is 2. The molecule has 4 heteroatoms. The molecule has 20 heavy (non-hydrogen) atoms. The van der Waals surface area contributed by atoms with Crippen LogP contribution in [0.2, 0.25) is 0 Å². The van der Waals surface area contributed by atoms with Crippen LogP contribution in [-0.4, -0.2) is 36.2 Å². The molecule has 0 radical (unpaired) electrons. The topological polar surface area (TPSA) is 63.4 Å². The normalized spacial score (nSPS) is 17.1. The Hall–Kier alpha value is -1.68. The third-order valence-corrected chi connectivity index (χ3v) is 4.05. The van der Waals surface area contributed by atoms with E-state index in [1.54, 1.807) is 0 Å². The van der Waals surface area contributed by atoms with Crippen LogP contribution in [0.4, 0.5) is 0 Å². The molecule has 0 atom stereocenters. The van der Waals surface area contributed by atoms with Crippen molar-refractivity contribution in [3.8, 4) is 0 Å². The fraction of sp³-hybridized carbons (Fsp3) is 0.500. The van der Waals surface area contributed by atoms with Crippen LogP contribution < -0.4 is 5.73 Å². The van der Waals surface area contributed by atoms with Crippen LogP contribution >= 0.6 is 0 Å². The number of aryl methyl sites for hydroxylation is 2. The number of likely N-dealkylation sites (tertiary alicyclic amines) is 1. The molecule has 0 aliphatic carbocycles. The average Bonchev–Trinajstić information content (AvgIpc) is 2.42. The maximum atomic E-state index is 12.4. The molecular weight excluding hydrogens is 252 g/mol. The Morgan fingerprint density at radius 1 is 1.25 bits per heavy atom. The summed E-state index contributed by atoms with van der Waals surface area (Å²) in [5.74, 6) is -0.0868. The van der Waals surface area contributed by atoms with Crippen LogP contribution in [0, 0.1) is 19.8 Å². The van der Waals surface area contributed by atoms with E-state index in [0.29, 0.717) is 6.54 Å². The molecule has 0 unspecified atom stereocenters. The number of benzene rings is 1. The van der Waals surface area contributed by atoms with E-state index in [-0.39, 0.29) is 17.6 Å². The molecule has 1 saturated heterocycles. The molecule has 108 valence electrons. The molecule has 0 bridgehead atoms. The molecule has 1 aliphatic rings. The highest BCUT2D eigenvalue weighted by molar-refractivity contribution is 5.99. The van der Waals surface area contributed by atoms with Crippen molar-refractivity contribution in [1.82, 2.24) is 4.90 Å². The Morgan fingerprint density at radius 2 is 1.90 bits per heavy atom. The number of nitrogens with two attached hydrogens (primary N) is 1. The SMILES string of the molecule is Cc1ccc(C)c(C(=O)CN2CCC(C(N)=O)CC2)c1. The van der Waals surface area contributed by atoms with Gasteiger partial charge in [0.1, 0.15) is 0 Å². The number of piperidine rings is 1. The van der Waals surface area contributed by atoms with Gasteiger partial charge in [-0.1, -0.05) is 17.7 Å². The van der Waals surface area contributed by atoms with E-state index in [4.69, 9.17) is 5.73 Å². The Balaban J connectivity index is 1.96. The second-order valence-electron chi connectivity index (χ2n) is 5.69. The average molecular weight is 274 g/mol. The van der Waals surface area contributed by atoms with Crippen molar-refractivity contribution in [2.24, 2.45) is 11.7 Å². The Bertz CT molecular complexity index is 517. The standard InChI is InChI=1S/C16H22N2O2/c1-11-3-4-12(2)14(9-11)15(19)10-18-7-5-13(6-8-18)16(17)20/h3-4,9,13H,5-8,10H2,1-2H3,(H2,17,20). The van der Waals surface area contributed by atoms with E-state index in [9.17, 15) is 9.59 Å². The molecule has 1 aliphatic heterocycles. The van der Waals surface area contributed by atoms with E-state index in [0.717, 1.165) is 42.6 Å². The summed E-state index contributed by atoms with van der Waals surface area (Å²) in [6, 6.07) is 5.96. The van der Waals surface area contributed by atoms with E-state index in [1.165, 1.54) is 0 Å². The quantitative estimate of drug-likeness (QED) is 0.850. The molecule has 1 aromatic rings. The first-order chi connectivity index (χ1) is 9.47. The van der Waals surface area contributed by atoms with Gasteiger partial charge in [-0.3, -0.25) is 14.5 Å². The predicted molar refractivity (Wildman–Crippen MR) is 78.6 cm³/mol. The van der Waals surface area contributed by atoms with Crippen LogP contribution in [0.3, 0.4) is 0 Å². The highest BCUT2D eigenvalue weighted by Crippen LogP contribution is 2.18. The van der Waals surface area contributed by atoms with Gasteiger partial charge in [0.25, 0.3) is 0 Å². The van der Waals surface area contributed by atoms with Crippen molar-refractivity contribution in [3.63, 3.8) is 0 Å². The third kappa shape index (κ3) is 3.45. The van der Waals surface area contributed by atoms with Gasteiger partial charge in [0, 0.05) is 11.5 Å². The fourth-order valence-electron chi connectivity index (χ4n) is 2.70. The summed E-state index contributed by atoms with van der Waals surface area (Å²) in [4.78, 5) is 25.6. The fourth-order valence-corrected chi connectivity index (χ4v) is 2.70. The number of rotatable bonds is 4. The van der Waals surface area contributed by atoms with Crippen molar-refractivity contribution in [1.29, 1.82) is 0 Å². The molecule has 4 nitrogen and oxygen atoms in total. The van der Waals surface area contributed by atoms with Crippen molar-refractivity contribution in [3.05, 3.63) is 34.9 Å². The van der Waals surface area contributed by atoms with Crippen molar-refractivity contribution >= 4 is 11.7 Å². The number of ketones is 1. The third-order valence-electron chi connectivity index (χ3n) is 4.05. The number of primary amides is 1. The minimum absolute atomic E-state index is 0.0259. The first kappa shape index (κ1) is 14.7. The summed E-state index contributed by atoms with van der Waals surface area (Å²) in [5, 5.41) is 0. The van der Waals surface area contributed by atoms with Gasteiger partial charge in [-0.05, 0) is 51.4 Å². The number of hydrogen-bond donors (Lipinski definition) is 1. The summed E-state index contributed by atoms with van der Waals surface area (Å²) in [6.45, 7) is 5.92. The van der Waals surface area contributed by atoms with Gasteiger partial charge in [0.05, 0.1) is 6.54 Å². The molecule has 2 N–H and O–H groups in total. The summed E-state index contributed by atoms with van der Waals surface area (Å²) >= 11 is 0. The summed E-state index contributed by atoms with van der Waals surface area (Å²) < 4.78 is 0. The lowest BCUT2D eigenvalue weighted by atomic mass is 9.95. The van der Waals surface area contributed by atoms with Gasteiger partial charge in [-0.25, -0.2) is 0 Å². The zero-order chi connectivity index (χ0) is 14.7. The largest absolute Gasteiger partial charge is 0.369 e.